The molecule has 0 aliphatic carbocycles. The molecule has 1 aromatic rings. The Morgan fingerprint density at radius 2 is 2.17 bits per heavy atom. The molecule has 0 unspecified atom stereocenters. The normalized spacial score (nSPS) is 10.4. The molecule has 0 aliphatic heterocycles. The molecule has 0 saturated heterocycles. The molecule has 0 atom stereocenters. The number of pyridine rings is 1. The molecule has 0 radical (unpaired) electrons. The Kier molecular flexibility index (Phi) is 4.60. The van der Waals surface area contributed by atoms with E-state index >= 15 is 0 Å². The van der Waals surface area contributed by atoms with E-state index in [0.717, 1.165) is 6.20 Å². The highest BCUT2D eigenvalue weighted by molar-refractivity contribution is 9.10. The van der Waals surface area contributed by atoms with Gasteiger partial charge in [0.05, 0.1) is 21.7 Å². The summed E-state index contributed by atoms with van der Waals surface area (Å²) in [5.41, 5.74) is -1.32. The summed E-state index contributed by atoms with van der Waals surface area (Å²) in [6.07, 6.45) is 2.04. The fourth-order valence-corrected chi connectivity index (χ4v) is 1.72. The van der Waals surface area contributed by atoms with Crippen molar-refractivity contribution in [1.29, 1.82) is 0 Å². The van der Waals surface area contributed by atoms with Gasteiger partial charge in [-0.3, -0.25) is 19.7 Å². The van der Waals surface area contributed by atoms with Gasteiger partial charge in [-0.15, -0.1) is 0 Å². The van der Waals surface area contributed by atoms with Crippen LogP contribution in [0.5, 0.6) is 0 Å². The van der Waals surface area contributed by atoms with Gasteiger partial charge in [-0.1, -0.05) is 0 Å². The highest BCUT2D eigenvalue weighted by Crippen LogP contribution is 2.11. The summed E-state index contributed by atoms with van der Waals surface area (Å²) in [6.45, 7) is 3.20. The molecule has 0 aromatic carbocycles. The van der Waals surface area contributed by atoms with Crippen LogP contribution in [0.1, 0.15) is 13.8 Å². The Balaban J connectivity index is 3.01. The average Bonchev–Trinajstić information content (AvgIpc) is 2.21. The summed E-state index contributed by atoms with van der Waals surface area (Å²) in [5, 5.41) is 10.6. The van der Waals surface area contributed by atoms with Crippen molar-refractivity contribution < 1.29 is 14.5 Å². The van der Waals surface area contributed by atoms with Crippen LogP contribution in [-0.2, 0) is 16.1 Å². The van der Waals surface area contributed by atoms with Crippen LogP contribution in [0.25, 0.3) is 0 Å². The number of nitro groups is 1. The van der Waals surface area contributed by atoms with E-state index in [1.54, 1.807) is 13.8 Å². The first-order valence-electron chi connectivity index (χ1n) is 5.04. The van der Waals surface area contributed by atoms with E-state index in [-0.39, 0.29) is 17.1 Å². The van der Waals surface area contributed by atoms with Gasteiger partial charge in [-0.25, -0.2) is 0 Å². The first-order chi connectivity index (χ1) is 8.31. The Labute approximate surface area is 111 Å². The largest absolute Gasteiger partial charge is 0.462 e. The molecule has 0 bridgehead atoms. The zero-order chi connectivity index (χ0) is 13.9. The van der Waals surface area contributed by atoms with E-state index in [1.807, 2.05) is 0 Å². The summed E-state index contributed by atoms with van der Waals surface area (Å²) < 4.78 is 6.15. The average molecular weight is 319 g/mol. The standard InChI is InChI=1S/C10H11BrN2O5/c1-6(2)18-9(14)5-12-3-7(11)10(15)8(4-12)13(16)17/h3-4,6H,5H2,1-2H3. The molecular formula is C10H11BrN2O5. The number of hydrogen-bond acceptors (Lipinski definition) is 5. The summed E-state index contributed by atoms with van der Waals surface area (Å²) in [7, 11) is 0. The van der Waals surface area contributed by atoms with Gasteiger partial charge in [-0.2, -0.15) is 0 Å². The smallest absolute Gasteiger partial charge is 0.333 e. The molecule has 0 saturated carbocycles. The Hall–Kier alpha value is -1.70. The van der Waals surface area contributed by atoms with Gasteiger partial charge in [0.25, 0.3) is 5.43 Å². The van der Waals surface area contributed by atoms with Crippen LogP contribution in [0.3, 0.4) is 0 Å². The first-order valence-corrected chi connectivity index (χ1v) is 5.84. The van der Waals surface area contributed by atoms with Crippen molar-refractivity contribution in [2.75, 3.05) is 0 Å². The van der Waals surface area contributed by atoms with Crippen LogP contribution in [0.15, 0.2) is 21.7 Å². The third kappa shape index (κ3) is 3.66. The number of rotatable bonds is 4. The number of aromatic nitrogens is 1. The SMILES string of the molecule is CC(C)OC(=O)Cn1cc(Br)c(=O)c([N+](=O)[O-])c1. The van der Waals surface area contributed by atoms with E-state index < -0.39 is 22.0 Å². The highest BCUT2D eigenvalue weighted by Gasteiger charge is 2.17. The lowest BCUT2D eigenvalue weighted by molar-refractivity contribution is -0.386. The quantitative estimate of drug-likeness (QED) is 0.476. The molecular weight excluding hydrogens is 308 g/mol. The molecule has 0 spiro atoms. The predicted octanol–water partition coefficient (Wildman–Crippen LogP) is 1.47. The summed E-state index contributed by atoms with van der Waals surface area (Å²) in [4.78, 5) is 32.7. The topological polar surface area (TPSA) is 91.4 Å². The van der Waals surface area contributed by atoms with Gasteiger partial charge in [0, 0.05) is 6.20 Å². The fourth-order valence-electron chi connectivity index (χ4n) is 1.25. The second-order valence-electron chi connectivity index (χ2n) is 3.79. The summed E-state index contributed by atoms with van der Waals surface area (Å²) in [5.74, 6) is -0.533. The van der Waals surface area contributed by atoms with E-state index in [4.69, 9.17) is 4.74 Å². The molecule has 8 heteroatoms. The van der Waals surface area contributed by atoms with Crippen molar-refractivity contribution in [3.05, 3.63) is 37.2 Å². The Morgan fingerprint density at radius 1 is 1.56 bits per heavy atom. The van der Waals surface area contributed by atoms with Crippen molar-refractivity contribution in [2.24, 2.45) is 0 Å². The van der Waals surface area contributed by atoms with Gasteiger partial charge >= 0.3 is 11.7 Å². The number of halogens is 1. The lowest BCUT2D eigenvalue weighted by Gasteiger charge is -2.09. The van der Waals surface area contributed by atoms with E-state index in [9.17, 15) is 19.7 Å². The van der Waals surface area contributed by atoms with Crippen LogP contribution in [0, 0.1) is 10.1 Å². The molecule has 98 valence electrons. The van der Waals surface area contributed by atoms with Crippen molar-refractivity contribution in [1.82, 2.24) is 4.57 Å². The lowest BCUT2D eigenvalue weighted by atomic mass is 10.4. The first kappa shape index (κ1) is 14.4. The molecule has 0 aliphatic rings. The lowest BCUT2D eigenvalue weighted by Crippen LogP contribution is -2.20. The maximum Gasteiger partial charge on any atom is 0.333 e. The van der Waals surface area contributed by atoms with Gasteiger partial charge in [-0.05, 0) is 29.8 Å². The number of hydrogen-bond donors (Lipinski definition) is 0. The third-order valence-electron chi connectivity index (χ3n) is 1.89. The maximum atomic E-state index is 11.4. The van der Waals surface area contributed by atoms with Crippen LogP contribution in [-0.4, -0.2) is 21.6 Å². The minimum Gasteiger partial charge on any atom is -0.462 e. The van der Waals surface area contributed by atoms with Crippen LogP contribution in [0.4, 0.5) is 5.69 Å². The van der Waals surface area contributed by atoms with E-state index in [0.29, 0.717) is 0 Å². The van der Waals surface area contributed by atoms with Gasteiger partial charge < -0.3 is 9.30 Å². The summed E-state index contributed by atoms with van der Waals surface area (Å²) in [6, 6.07) is 0. The summed E-state index contributed by atoms with van der Waals surface area (Å²) >= 11 is 2.92. The molecule has 18 heavy (non-hydrogen) atoms. The fraction of sp³-hybridized carbons (Fsp3) is 0.400. The third-order valence-corrected chi connectivity index (χ3v) is 2.46. The molecule has 0 fully saturated rings. The number of esters is 1. The van der Waals surface area contributed by atoms with Crippen molar-refractivity contribution in [2.45, 2.75) is 26.5 Å². The zero-order valence-electron chi connectivity index (χ0n) is 9.75. The molecule has 1 heterocycles. The molecule has 1 rings (SSSR count). The van der Waals surface area contributed by atoms with Gasteiger partial charge in [0.1, 0.15) is 6.54 Å². The predicted molar refractivity (Wildman–Crippen MR) is 66.3 cm³/mol. The minimum atomic E-state index is -0.794. The number of carbonyl (C=O) groups is 1. The highest BCUT2D eigenvalue weighted by atomic mass is 79.9. The second kappa shape index (κ2) is 5.76. The number of ether oxygens (including phenoxy) is 1. The van der Waals surface area contributed by atoms with Crippen molar-refractivity contribution in [3.63, 3.8) is 0 Å². The molecule has 7 nitrogen and oxygen atoms in total. The van der Waals surface area contributed by atoms with Crippen LogP contribution >= 0.6 is 15.9 Å². The van der Waals surface area contributed by atoms with E-state index in [2.05, 4.69) is 15.9 Å². The molecule has 0 N–H and O–H groups in total. The van der Waals surface area contributed by atoms with Gasteiger partial charge in [0.2, 0.25) is 0 Å². The van der Waals surface area contributed by atoms with Gasteiger partial charge in [0.15, 0.2) is 0 Å². The molecule has 0 amide bonds. The Bertz CT molecular complexity index is 538. The van der Waals surface area contributed by atoms with Crippen LogP contribution < -0.4 is 5.43 Å². The monoisotopic (exact) mass is 318 g/mol. The van der Waals surface area contributed by atoms with Crippen molar-refractivity contribution in [3.8, 4) is 0 Å². The number of carbonyl (C=O) groups excluding carboxylic acids is 1. The van der Waals surface area contributed by atoms with E-state index in [1.165, 1.54) is 10.8 Å². The van der Waals surface area contributed by atoms with Crippen LogP contribution in [0.2, 0.25) is 0 Å². The second-order valence-corrected chi connectivity index (χ2v) is 4.64. The minimum absolute atomic E-state index is 0.0223. The zero-order valence-corrected chi connectivity index (χ0v) is 11.3. The molecule has 1 aromatic heterocycles. The van der Waals surface area contributed by atoms with Crippen molar-refractivity contribution >= 4 is 27.6 Å². The Morgan fingerprint density at radius 3 is 2.67 bits per heavy atom. The maximum absolute atomic E-state index is 11.4. The number of nitrogens with zero attached hydrogens (tertiary/aromatic N) is 2.